The Labute approximate surface area is 142 Å². The molecule has 1 saturated heterocycles. The fraction of sp³-hybridized carbons (Fsp3) is 0.588. The first kappa shape index (κ1) is 17.9. The van der Waals surface area contributed by atoms with E-state index in [9.17, 15) is 9.90 Å². The molecular weight excluding hydrogens is 316 g/mol. The summed E-state index contributed by atoms with van der Waals surface area (Å²) in [6.45, 7) is 8.38. The summed E-state index contributed by atoms with van der Waals surface area (Å²) in [5.74, 6) is 0.521. The molecule has 1 aromatic rings. The number of aromatic hydroxyl groups is 1. The third-order valence-electron chi connectivity index (χ3n) is 3.76. The lowest BCUT2D eigenvalue weighted by atomic mass is 10.1. The molecule has 128 valence electrons. The number of phenols is 1. The van der Waals surface area contributed by atoms with Crippen molar-refractivity contribution in [2.75, 3.05) is 19.6 Å². The van der Waals surface area contributed by atoms with Crippen LogP contribution in [0, 0.1) is 5.92 Å². The zero-order valence-corrected chi connectivity index (χ0v) is 14.7. The van der Waals surface area contributed by atoms with Gasteiger partial charge in [0, 0.05) is 31.7 Å². The smallest absolute Gasteiger partial charge is 0.410 e. The summed E-state index contributed by atoms with van der Waals surface area (Å²) in [6, 6.07) is 5.32. The lowest BCUT2D eigenvalue weighted by molar-refractivity contribution is 0.0288. The first-order chi connectivity index (χ1) is 10.8. The van der Waals surface area contributed by atoms with Gasteiger partial charge in [0.05, 0.1) is 5.02 Å². The van der Waals surface area contributed by atoms with Crippen molar-refractivity contribution >= 4 is 17.7 Å². The second-order valence-electron chi connectivity index (χ2n) is 6.96. The molecule has 1 unspecified atom stereocenters. The molecule has 1 heterocycles. The summed E-state index contributed by atoms with van der Waals surface area (Å²) in [6.07, 6.45) is 0.709. The minimum absolute atomic E-state index is 0.128. The van der Waals surface area contributed by atoms with E-state index in [1.807, 2.05) is 32.9 Å². The molecule has 0 aromatic heterocycles. The predicted molar refractivity (Wildman–Crippen MR) is 90.7 cm³/mol. The van der Waals surface area contributed by atoms with E-state index in [4.69, 9.17) is 16.3 Å². The molecule has 1 amide bonds. The highest BCUT2D eigenvalue weighted by Gasteiger charge is 2.29. The van der Waals surface area contributed by atoms with Crippen LogP contribution in [0.25, 0.3) is 0 Å². The fourth-order valence-corrected chi connectivity index (χ4v) is 2.80. The second kappa shape index (κ2) is 7.41. The highest BCUT2D eigenvalue weighted by molar-refractivity contribution is 6.32. The number of halogens is 1. The summed E-state index contributed by atoms with van der Waals surface area (Å²) in [7, 11) is 0. The predicted octanol–water partition coefficient (Wildman–Crippen LogP) is 3.39. The number of benzene rings is 1. The molecule has 1 aromatic carbocycles. The number of amides is 1. The van der Waals surface area contributed by atoms with Crippen LogP contribution in [-0.2, 0) is 11.3 Å². The van der Waals surface area contributed by atoms with Crippen LogP contribution in [0.5, 0.6) is 5.75 Å². The van der Waals surface area contributed by atoms with E-state index in [0.29, 0.717) is 24.0 Å². The third kappa shape index (κ3) is 5.29. The highest BCUT2D eigenvalue weighted by Crippen LogP contribution is 2.27. The number of hydrogen-bond acceptors (Lipinski definition) is 4. The van der Waals surface area contributed by atoms with Gasteiger partial charge in [0.1, 0.15) is 11.4 Å². The van der Waals surface area contributed by atoms with Crippen LogP contribution < -0.4 is 5.32 Å². The molecule has 6 heteroatoms. The van der Waals surface area contributed by atoms with Gasteiger partial charge in [0.2, 0.25) is 0 Å². The number of carbonyl (C=O) groups is 1. The van der Waals surface area contributed by atoms with Crippen LogP contribution in [0.3, 0.4) is 0 Å². The molecule has 1 atom stereocenters. The number of hydrogen-bond donors (Lipinski definition) is 2. The van der Waals surface area contributed by atoms with E-state index in [2.05, 4.69) is 5.32 Å². The molecule has 2 N–H and O–H groups in total. The van der Waals surface area contributed by atoms with Crippen LogP contribution in [-0.4, -0.2) is 41.3 Å². The molecule has 23 heavy (non-hydrogen) atoms. The SMILES string of the molecule is CC(C)(C)OC(=O)N1CCC(CNCc2cccc(Cl)c2O)C1. The minimum Gasteiger partial charge on any atom is -0.506 e. The van der Waals surface area contributed by atoms with Gasteiger partial charge in [0.15, 0.2) is 0 Å². The van der Waals surface area contributed by atoms with Gasteiger partial charge in [-0.3, -0.25) is 0 Å². The van der Waals surface area contributed by atoms with E-state index in [-0.39, 0.29) is 11.8 Å². The molecule has 0 aliphatic carbocycles. The Bertz CT molecular complexity index is 557. The second-order valence-corrected chi connectivity index (χ2v) is 7.37. The Morgan fingerprint density at radius 3 is 2.91 bits per heavy atom. The summed E-state index contributed by atoms with van der Waals surface area (Å²) >= 11 is 5.89. The molecule has 2 rings (SSSR count). The minimum atomic E-state index is -0.461. The van der Waals surface area contributed by atoms with E-state index in [1.165, 1.54) is 0 Å². The highest BCUT2D eigenvalue weighted by atomic mass is 35.5. The largest absolute Gasteiger partial charge is 0.506 e. The maximum Gasteiger partial charge on any atom is 0.410 e. The first-order valence-electron chi connectivity index (χ1n) is 7.91. The number of para-hydroxylation sites is 1. The van der Waals surface area contributed by atoms with Gasteiger partial charge in [-0.05, 0) is 39.2 Å². The van der Waals surface area contributed by atoms with Crippen molar-refractivity contribution in [3.63, 3.8) is 0 Å². The number of ether oxygens (including phenoxy) is 1. The fourth-order valence-electron chi connectivity index (χ4n) is 2.61. The number of rotatable bonds is 4. The molecule has 0 bridgehead atoms. The zero-order valence-electron chi connectivity index (χ0n) is 13.9. The summed E-state index contributed by atoms with van der Waals surface area (Å²) in [4.78, 5) is 13.8. The van der Waals surface area contributed by atoms with Gasteiger partial charge in [-0.2, -0.15) is 0 Å². The molecule has 0 spiro atoms. The van der Waals surface area contributed by atoms with E-state index in [1.54, 1.807) is 11.0 Å². The Morgan fingerprint density at radius 2 is 2.22 bits per heavy atom. The van der Waals surface area contributed by atoms with Crippen molar-refractivity contribution in [3.8, 4) is 5.75 Å². The number of nitrogens with one attached hydrogen (secondary N) is 1. The quantitative estimate of drug-likeness (QED) is 0.882. The van der Waals surface area contributed by atoms with Crippen LogP contribution >= 0.6 is 11.6 Å². The molecule has 1 aliphatic heterocycles. The zero-order chi connectivity index (χ0) is 17.0. The Kier molecular flexibility index (Phi) is 5.76. The van der Waals surface area contributed by atoms with Crippen LogP contribution in [0.4, 0.5) is 4.79 Å². The number of likely N-dealkylation sites (tertiary alicyclic amines) is 1. The third-order valence-corrected chi connectivity index (χ3v) is 4.06. The normalized spacial score (nSPS) is 18.3. The van der Waals surface area contributed by atoms with Crippen molar-refractivity contribution in [1.29, 1.82) is 0 Å². The van der Waals surface area contributed by atoms with E-state index < -0.39 is 5.60 Å². The van der Waals surface area contributed by atoms with Crippen LogP contribution in [0.1, 0.15) is 32.8 Å². The van der Waals surface area contributed by atoms with Crippen molar-refractivity contribution in [1.82, 2.24) is 10.2 Å². The summed E-state index contributed by atoms with van der Waals surface area (Å²) in [5.41, 5.74) is 0.317. The number of nitrogens with zero attached hydrogens (tertiary/aromatic N) is 1. The number of phenolic OH excluding ortho intramolecular Hbond substituents is 1. The maximum atomic E-state index is 12.0. The molecule has 1 aliphatic rings. The van der Waals surface area contributed by atoms with Gasteiger partial charge in [-0.15, -0.1) is 0 Å². The topological polar surface area (TPSA) is 61.8 Å². The van der Waals surface area contributed by atoms with Gasteiger partial charge in [-0.1, -0.05) is 23.7 Å². The van der Waals surface area contributed by atoms with Crippen molar-refractivity contribution < 1.29 is 14.6 Å². The van der Waals surface area contributed by atoms with Crippen molar-refractivity contribution in [2.24, 2.45) is 5.92 Å². The molecule has 0 saturated carbocycles. The Morgan fingerprint density at radius 1 is 1.48 bits per heavy atom. The van der Waals surface area contributed by atoms with Gasteiger partial charge in [-0.25, -0.2) is 4.79 Å². The monoisotopic (exact) mass is 340 g/mol. The van der Waals surface area contributed by atoms with Crippen molar-refractivity contribution in [2.45, 2.75) is 39.3 Å². The van der Waals surface area contributed by atoms with Gasteiger partial charge in [0.25, 0.3) is 0 Å². The number of carbonyl (C=O) groups excluding carboxylic acids is 1. The van der Waals surface area contributed by atoms with Crippen LogP contribution in [0.15, 0.2) is 18.2 Å². The summed E-state index contributed by atoms with van der Waals surface area (Å²) in [5, 5.41) is 13.6. The standard InChI is InChI=1S/C17H25ClN2O3/c1-17(2,3)23-16(22)20-8-7-12(11-20)9-19-10-13-5-4-6-14(18)15(13)21/h4-6,12,19,21H,7-11H2,1-3H3. The van der Waals surface area contributed by atoms with E-state index >= 15 is 0 Å². The van der Waals surface area contributed by atoms with E-state index in [0.717, 1.165) is 25.1 Å². The molecule has 1 fully saturated rings. The molecule has 0 radical (unpaired) electrons. The lowest BCUT2D eigenvalue weighted by Gasteiger charge is -2.24. The maximum absolute atomic E-state index is 12.0. The van der Waals surface area contributed by atoms with Gasteiger partial charge < -0.3 is 20.1 Å². The summed E-state index contributed by atoms with van der Waals surface area (Å²) < 4.78 is 5.39. The van der Waals surface area contributed by atoms with Crippen LogP contribution in [0.2, 0.25) is 5.02 Å². The van der Waals surface area contributed by atoms with Crippen molar-refractivity contribution in [3.05, 3.63) is 28.8 Å². The average Bonchev–Trinajstić information content (AvgIpc) is 2.91. The Balaban J connectivity index is 1.76. The lowest BCUT2D eigenvalue weighted by Crippen LogP contribution is -2.36. The average molecular weight is 341 g/mol. The first-order valence-corrected chi connectivity index (χ1v) is 8.29. The van der Waals surface area contributed by atoms with Gasteiger partial charge >= 0.3 is 6.09 Å². The Hall–Kier alpha value is -1.46. The molecular formula is C17H25ClN2O3. The molecule has 5 nitrogen and oxygen atoms in total.